The summed E-state index contributed by atoms with van der Waals surface area (Å²) in [5.74, 6) is 0.363. The lowest BCUT2D eigenvalue weighted by Gasteiger charge is -2.27. The number of ketones is 1. The summed E-state index contributed by atoms with van der Waals surface area (Å²) in [6.45, 7) is 9.29. The molecule has 1 heterocycles. The van der Waals surface area contributed by atoms with Crippen LogP contribution in [0.15, 0.2) is 35.9 Å². The zero-order valence-electron chi connectivity index (χ0n) is 23.8. The maximum absolute atomic E-state index is 13.5. The molecule has 206 valence electrons. The van der Waals surface area contributed by atoms with E-state index in [1.807, 2.05) is 64.9 Å². The van der Waals surface area contributed by atoms with Crippen LogP contribution in [0.3, 0.4) is 0 Å². The van der Waals surface area contributed by atoms with Crippen molar-refractivity contribution in [2.45, 2.75) is 46.1 Å². The third-order valence-electron chi connectivity index (χ3n) is 6.75. The molecule has 3 rings (SSSR count). The molecule has 1 N–H and O–H groups in total. The molecule has 0 spiro atoms. The van der Waals surface area contributed by atoms with Crippen molar-refractivity contribution in [2.75, 3.05) is 48.0 Å². The Labute approximate surface area is 225 Å². The standard InChI is InChI=1S/C30H40N2O6/c1-9-14-38-25-16-20(10-11-23(25)36-7)27-26(29(34)30(35)32(27)13-12-31(5)6)28(33)22-17-21(18(2)3)24(37-8)15-19(22)4/h10-11,15-18,27,33H,9,12-14H2,1-8H3/b28-26+. The molecule has 1 saturated heterocycles. The summed E-state index contributed by atoms with van der Waals surface area (Å²) >= 11 is 0. The summed E-state index contributed by atoms with van der Waals surface area (Å²) in [6.07, 6.45) is 0.809. The van der Waals surface area contributed by atoms with Crippen molar-refractivity contribution in [1.29, 1.82) is 0 Å². The lowest BCUT2D eigenvalue weighted by atomic mass is 9.91. The summed E-state index contributed by atoms with van der Waals surface area (Å²) in [5, 5.41) is 11.7. The minimum atomic E-state index is -0.783. The zero-order chi connectivity index (χ0) is 28.1. The molecule has 1 aliphatic rings. The quantitative estimate of drug-likeness (QED) is 0.254. The lowest BCUT2D eigenvalue weighted by Crippen LogP contribution is -2.35. The summed E-state index contributed by atoms with van der Waals surface area (Å²) in [4.78, 5) is 30.3. The molecule has 2 aromatic carbocycles. The molecule has 0 aromatic heterocycles. The van der Waals surface area contributed by atoms with Crippen LogP contribution in [-0.2, 0) is 9.59 Å². The van der Waals surface area contributed by atoms with Crippen LogP contribution in [0.5, 0.6) is 17.2 Å². The van der Waals surface area contributed by atoms with Crippen LogP contribution < -0.4 is 14.2 Å². The Bertz CT molecular complexity index is 1220. The van der Waals surface area contributed by atoms with E-state index in [1.165, 1.54) is 4.90 Å². The predicted octanol–water partition coefficient (Wildman–Crippen LogP) is 4.91. The number of nitrogens with zero attached hydrogens (tertiary/aromatic N) is 2. The highest BCUT2D eigenvalue weighted by Crippen LogP contribution is 2.43. The molecule has 1 fully saturated rings. The van der Waals surface area contributed by atoms with Crippen LogP contribution in [0.1, 0.15) is 61.4 Å². The number of likely N-dealkylation sites (tertiary alicyclic amines) is 1. The van der Waals surface area contributed by atoms with Crippen molar-refractivity contribution in [3.05, 3.63) is 58.2 Å². The number of aryl methyl sites for hydroxylation is 1. The van der Waals surface area contributed by atoms with Gasteiger partial charge in [0.15, 0.2) is 11.5 Å². The number of carbonyl (C=O) groups excluding carboxylic acids is 2. The van der Waals surface area contributed by atoms with Crippen molar-refractivity contribution >= 4 is 17.4 Å². The van der Waals surface area contributed by atoms with Gasteiger partial charge in [-0.25, -0.2) is 0 Å². The van der Waals surface area contributed by atoms with Gasteiger partial charge in [-0.2, -0.15) is 0 Å². The molecule has 38 heavy (non-hydrogen) atoms. The van der Waals surface area contributed by atoms with Gasteiger partial charge >= 0.3 is 0 Å². The van der Waals surface area contributed by atoms with Gasteiger partial charge in [0.1, 0.15) is 11.5 Å². The van der Waals surface area contributed by atoms with Crippen LogP contribution in [0.4, 0.5) is 0 Å². The topological polar surface area (TPSA) is 88.5 Å². The highest BCUT2D eigenvalue weighted by atomic mass is 16.5. The average molecular weight is 525 g/mol. The first kappa shape index (κ1) is 29.0. The Balaban J connectivity index is 2.26. The van der Waals surface area contributed by atoms with Crippen molar-refractivity contribution < 1.29 is 28.9 Å². The molecule has 0 aliphatic carbocycles. The molecule has 8 heteroatoms. The number of hydrogen-bond acceptors (Lipinski definition) is 7. The van der Waals surface area contributed by atoms with E-state index in [4.69, 9.17) is 14.2 Å². The number of aliphatic hydroxyl groups is 1. The number of benzene rings is 2. The molecule has 1 atom stereocenters. The van der Waals surface area contributed by atoms with Gasteiger partial charge in [-0.3, -0.25) is 9.59 Å². The Kier molecular flexibility index (Phi) is 9.44. The normalized spacial score (nSPS) is 17.0. The van der Waals surface area contributed by atoms with Gasteiger partial charge < -0.3 is 29.1 Å². The number of carbonyl (C=O) groups is 2. The summed E-state index contributed by atoms with van der Waals surface area (Å²) in [5.41, 5.74) is 2.86. The molecule has 1 aliphatic heterocycles. The van der Waals surface area contributed by atoms with Gasteiger partial charge in [-0.05, 0) is 74.3 Å². The number of likely N-dealkylation sites (N-methyl/N-ethyl adjacent to an activating group) is 1. The Morgan fingerprint density at radius 3 is 2.32 bits per heavy atom. The monoisotopic (exact) mass is 524 g/mol. The Morgan fingerprint density at radius 2 is 1.74 bits per heavy atom. The number of amides is 1. The fourth-order valence-corrected chi connectivity index (χ4v) is 4.68. The van der Waals surface area contributed by atoms with Gasteiger partial charge in [0.05, 0.1) is 32.4 Å². The van der Waals surface area contributed by atoms with E-state index in [9.17, 15) is 14.7 Å². The molecular weight excluding hydrogens is 484 g/mol. The molecule has 1 unspecified atom stereocenters. The van der Waals surface area contributed by atoms with E-state index in [-0.39, 0.29) is 17.3 Å². The molecule has 2 aromatic rings. The minimum Gasteiger partial charge on any atom is -0.507 e. The van der Waals surface area contributed by atoms with Crippen molar-refractivity contribution in [1.82, 2.24) is 9.80 Å². The molecule has 0 radical (unpaired) electrons. The van der Waals surface area contributed by atoms with E-state index in [0.29, 0.717) is 48.1 Å². The van der Waals surface area contributed by atoms with E-state index < -0.39 is 17.7 Å². The SMILES string of the molecule is CCCOc1cc(C2/C(=C(\O)c3cc(C(C)C)c(OC)cc3C)C(=O)C(=O)N2CCN(C)C)ccc1OC. The van der Waals surface area contributed by atoms with Crippen LogP contribution >= 0.6 is 0 Å². The highest BCUT2D eigenvalue weighted by molar-refractivity contribution is 6.46. The van der Waals surface area contributed by atoms with Crippen molar-refractivity contribution in [2.24, 2.45) is 0 Å². The second-order valence-electron chi connectivity index (χ2n) is 10.1. The number of aliphatic hydroxyl groups excluding tert-OH is 1. The molecule has 0 bridgehead atoms. The van der Waals surface area contributed by atoms with Gasteiger partial charge in [0.2, 0.25) is 0 Å². The Hall–Kier alpha value is -3.52. The second-order valence-corrected chi connectivity index (χ2v) is 10.1. The minimum absolute atomic E-state index is 0.0586. The number of hydrogen-bond donors (Lipinski definition) is 1. The number of Topliss-reactive ketones (excluding diaryl/α,β-unsaturated/α-hetero) is 1. The largest absolute Gasteiger partial charge is 0.507 e. The maximum atomic E-state index is 13.5. The van der Waals surface area contributed by atoms with E-state index in [1.54, 1.807) is 26.4 Å². The molecule has 1 amide bonds. The van der Waals surface area contributed by atoms with E-state index in [2.05, 4.69) is 0 Å². The lowest BCUT2D eigenvalue weighted by molar-refractivity contribution is -0.140. The number of rotatable bonds is 11. The van der Waals surface area contributed by atoms with Crippen molar-refractivity contribution in [3.63, 3.8) is 0 Å². The van der Waals surface area contributed by atoms with Crippen LogP contribution in [0.25, 0.3) is 5.76 Å². The first-order chi connectivity index (χ1) is 18.0. The molecule has 0 saturated carbocycles. The average Bonchev–Trinajstić information content (AvgIpc) is 3.14. The van der Waals surface area contributed by atoms with Crippen molar-refractivity contribution in [3.8, 4) is 17.2 Å². The van der Waals surface area contributed by atoms with E-state index in [0.717, 1.165) is 17.5 Å². The molecular formula is C30H40N2O6. The summed E-state index contributed by atoms with van der Waals surface area (Å²) < 4.78 is 16.9. The number of methoxy groups -OCH3 is 2. The maximum Gasteiger partial charge on any atom is 0.295 e. The number of ether oxygens (including phenoxy) is 3. The zero-order valence-corrected chi connectivity index (χ0v) is 23.8. The predicted molar refractivity (Wildman–Crippen MR) is 148 cm³/mol. The van der Waals surface area contributed by atoms with Crippen LogP contribution in [0, 0.1) is 6.92 Å². The van der Waals surface area contributed by atoms with Gasteiger partial charge in [0.25, 0.3) is 11.7 Å². The van der Waals surface area contributed by atoms with Gasteiger partial charge in [0, 0.05) is 18.7 Å². The van der Waals surface area contributed by atoms with Crippen LogP contribution in [-0.4, -0.2) is 74.6 Å². The summed E-state index contributed by atoms with van der Waals surface area (Å²) in [7, 11) is 6.99. The fraction of sp³-hybridized carbons (Fsp3) is 0.467. The first-order valence-corrected chi connectivity index (χ1v) is 13.0. The fourth-order valence-electron chi connectivity index (χ4n) is 4.68. The molecule has 8 nitrogen and oxygen atoms in total. The smallest absolute Gasteiger partial charge is 0.295 e. The second kappa shape index (κ2) is 12.3. The first-order valence-electron chi connectivity index (χ1n) is 13.0. The third kappa shape index (κ3) is 5.80. The Morgan fingerprint density at radius 1 is 1.05 bits per heavy atom. The van der Waals surface area contributed by atoms with Gasteiger partial charge in [-0.1, -0.05) is 26.8 Å². The highest BCUT2D eigenvalue weighted by Gasteiger charge is 2.46. The third-order valence-corrected chi connectivity index (χ3v) is 6.75. The van der Waals surface area contributed by atoms with E-state index >= 15 is 0 Å². The van der Waals surface area contributed by atoms with Crippen LogP contribution in [0.2, 0.25) is 0 Å². The summed E-state index contributed by atoms with van der Waals surface area (Å²) in [6, 6.07) is 8.29. The van der Waals surface area contributed by atoms with Gasteiger partial charge in [-0.15, -0.1) is 0 Å².